The molecule has 0 atom stereocenters. The normalized spacial score (nSPS) is 21.5. The van der Waals surface area contributed by atoms with Crippen molar-refractivity contribution < 1.29 is 0 Å². The van der Waals surface area contributed by atoms with E-state index in [1.165, 1.54) is 42.4 Å². The maximum absolute atomic E-state index is 2.29. The minimum absolute atomic E-state index is 1.38. The van der Waals surface area contributed by atoms with Crippen LogP contribution in [0.25, 0.3) is 0 Å². The Bertz CT molecular complexity index is 814. The fraction of sp³-hybridized carbons (Fsp3) is 0.222. The smallest absolute Gasteiger partial charge is 0.0716 e. The van der Waals surface area contributed by atoms with Gasteiger partial charge in [-0.2, -0.15) is 0 Å². The van der Waals surface area contributed by atoms with Crippen molar-refractivity contribution in [1.82, 2.24) is 0 Å². The number of hydrogen-bond acceptors (Lipinski definition) is 12. The van der Waals surface area contributed by atoms with Gasteiger partial charge in [0.2, 0.25) is 0 Å². The highest BCUT2D eigenvalue weighted by molar-refractivity contribution is 8.48. The monoisotopic (exact) mass is 616 g/mol. The lowest BCUT2D eigenvalue weighted by atomic mass is 10.6. The van der Waals surface area contributed by atoms with Crippen LogP contribution in [0.15, 0.2) is 66.7 Å². The summed E-state index contributed by atoms with van der Waals surface area (Å²) in [6.07, 6.45) is 17.8. The molecular weight excluding hydrogens is 601 g/mol. The molecule has 0 aromatic carbocycles. The van der Waals surface area contributed by atoms with Crippen molar-refractivity contribution in [1.29, 1.82) is 0 Å². The van der Waals surface area contributed by atoms with Crippen LogP contribution in [0.1, 0.15) is 0 Å². The first kappa shape index (κ1) is 25.5. The minimum Gasteiger partial charge on any atom is -0.121 e. The molecule has 0 fully saturated rings. The first-order chi connectivity index (χ1) is 14.6. The van der Waals surface area contributed by atoms with Crippen molar-refractivity contribution in [2.24, 2.45) is 0 Å². The zero-order valence-corrected chi connectivity index (χ0v) is 26.0. The molecule has 0 aliphatic carbocycles. The summed E-state index contributed by atoms with van der Waals surface area (Å²) in [6, 6.07) is 0. The van der Waals surface area contributed by atoms with E-state index in [2.05, 4.69) is 49.3 Å². The van der Waals surface area contributed by atoms with Crippen molar-refractivity contribution in [3.8, 4) is 0 Å². The number of allylic oxidation sites excluding steroid dienone is 4. The summed E-state index contributed by atoms with van der Waals surface area (Å²) >= 11 is 22.7. The Labute approximate surface area is 230 Å². The van der Waals surface area contributed by atoms with E-state index < -0.39 is 0 Å². The van der Waals surface area contributed by atoms with Crippen LogP contribution in [0.2, 0.25) is 0 Å². The minimum atomic E-state index is 1.38. The Morgan fingerprint density at radius 2 is 0.633 bits per heavy atom. The lowest BCUT2D eigenvalue weighted by molar-refractivity contribution is 2.04. The van der Waals surface area contributed by atoms with Crippen molar-refractivity contribution in [2.75, 3.05) is 25.0 Å². The molecule has 30 heavy (non-hydrogen) atoms. The molecule has 0 saturated heterocycles. The van der Waals surface area contributed by atoms with E-state index in [1.54, 1.807) is 0 Å². The van der Waals surface area contributed by atoms with Crippen LogP contribution in [0.5, 0.6) is 0 Å². The summed E-state index contributed by atoms with van der Waals surface area (Å²) in [5.41, 5.74) is 0. The molecule has 4 heterocycles. The summed E-state index contributed by atoms with van der Waals surface area (Å²) in [7, 11) is 0. The lowest BCUT2D eigenvalue weighted by Gasteiger charge is -2.01. The van der Waals surface area contributed by atoms with Crippen LogP contribution >= 0.6 is 141 Å². The zero-order chi connectivity index (χ0) is 21.1. The largest absolute Gasteiger partial charge is 0.121 e. The molecular formula is C18H16S12. The molecule has 0 amide bonds. The average Bonchev–Trinajstić information content (AvgIpc) is 3.51. The Morgan fingerprint density at radius 1 is 0.400 bits per heavy atom. The molecule has 0 saturated carbocycles. The molecule has 0 aromatic rings. The summed E-state index contributed by atoms with van der Waals surface area (Å²) in [5, 5.41) is 0. The van der Waals surface area contributed by atoms with E-state index in [1.807, 2.05) is 141 Å². The van der Waals surface area contributed by atoms with Gasteiger partial charge in [0, 0.05) is 0 Å². The highest BCUT2D eigenvalue weighted by Crippen LogP contribution is 2.67. The predicted molar refractivity (Wildman–Crippen MR) is 168 cm³/mol. The third-order valence-corrected chi connectivity index (χ3v) is 19.2. The van der Waals surface area contributed by atoms with E-state index in [9.17, 15) is 0 Å². The standard InChI is InChI=1S/C18H16S12/c1-19-13-14(20-2)24-9(23-13)5-7-11-27-17-18(28-11)30-12(29-17)8-6-10-25-15(21-3)16(22-4)26-10/h5-8H,1-4H3. The lowest BCUT2D eigenvalue weighted by Crippen LogP contribution is -1.67. The third kappa shape index (κ3) is 6.33. The fourth-order valence-electron chi connectivity index (χ4n) is 2.23. The molecule has 160 valence electrons. The molecule has 0 unspecified atom stereocenters. The molecule has 12 heteroatoms. The van der Waals surface area contributed by atoms with Crippen LogP contribution < -0.4 is 0 Å². The van der Waals surface area contributed by atoms with E-state index >= 15 is 0 Å². The van der Waals surface area contributed by atoms with Crippen molar-refractivity contribution in [2.45, 2.75) is 0 Å². The molecule has 0 radical (unpaired) electrons. The van der Waals surface area contributed by atoms with Crippen molar-refractivity contribution in [3.63, 3.8) is 0 Å². The summed E-state index contributed by atoms with van der Waals surface area (Å²) in [6.45, 7) is 0. The predicted octanol–water partition coefficient (Wildman–Crippen LogP) is 11.1. The Balaban J connectivity index is 1.31. The van der Waals surface area contributed by atoms with Gasteiger partial charge in [-0.3, -0.25) is 0 Å². The molecule has 0 aromatic heterocycles. The van der Waals surface area contributed by atoms with Gasteiger partial charge in [0.1, 0.15) is 0 Å². The fourth-order valence-corrected chi connectivity index (χ4v) is 17.9. The van der Waals surface area contributed by atoms with Gasteiger partial charge in [0.05, 0.1) is 42.4 Å². The summed E-state index contributed by atoms with van der Waals surface area (Å²) in [4.78, 5) is 0. The van der Waals surface area contributed by atoms with E-state index in [-0.39, 0.29) is 0 Å². The van der Waals surface area contributed by atoms with Crippen LogP contribution in [-0.4, -0.2) is 25.0 Å². The van der Waals surface area contributed by atoms with E-state index in [4.69, 9.17) is 0 Å². The molecule has 4 aliphatic heterocycles. The van der Waals surface area contributed by atoms with Gasteiger partial charge in [-0.25, -0.2) is 0 Å². The number of thioether (sulfide) groups is 12. The second-order valence-electron chi connectivity index (χ2n) is 5.30. The maximum Gasteiger partial charge on any atom is 0.0716 e. The van der Waals surface area contributed by atoms with Gasteiger partial charge in [-0.05, 0) is 49.3 Å². The third-order valence-electron chi connectivity index (χ3n) is 3.50. The molecule has 0 N–H and O–H groups in total. The summed E-state index contributed by atoms with van der Waals surface area (Å²) < 4.78 is 14.1. The number of hydrogen-bond donors (Lipinski definition) is 0. The highest BCUT2D eigenvalue weighted by Gasteiger charge is 2.30. The first-order valence-corrected chi connectivity index (χ1v) is 19.7. The van der Waals surface area contributed by atoms with Crippen LogP contribution in [0.3, 0.4) is 0 Å². The van der Waals surface area contributed by atoms with Gasteiger partial charge in [-0.15, -0.1) is 47.0 Å². The second-order valence-corrected chi connectivity index (χ2v) is 19.6. The zero-order valence-electron chi connectivity index (χ0n) is 16.2. The van der Waals surface area contributed by atoms with Crippen LogP contribution in [-0.2, 0) is 0 Å². The number of rotatable bonds is 6. The quantitative estimate of drug-likeness (QED) is 0.278. The Hall–Kier alpha value is 2.38. The topological polar surface area (TPSA) is 0 Å². The molecule has 4 rings (SSSR count). The first-order valence-electron chi connectivity index (χ1n) is 8.29. The highest BCUT2D eigenvalue weighted by atomic mass is 32.3. The van der Waals surface area contributed by atoms with Gasteiger partial charge < -0.3 is 0 Å². The second kappa shape index (κ2) is 12.4. The van der Waals surface area contributed by atoms with Gasteiger partial charge in [0.15, 0.2) is 0 Å². The van der Waals surface area contributed by atoms with Gasteiger partial charge in [-0.1, -0.05) is 94.1 Å². The molecule has 4 aliphatic rings. The molecule has 0 spiro atoms. The van der Waals surface area contributed by atoms with Crippen LogP contribution in [0, 0.1) is 0 Å². The van der Waals surface area contributed by atoms with Gasteiger partial charge >= 0.3 is 0 Å². The maximum atomic E-state index is 2.29. The van der Waals surface area contributed by atoms with Crippen molar-refractivity contribution in [3.05, 3.63) is 66.7 Å². The van der Waals surface area contributed by atoms with Gasteiger partial charge in [0.25, 0.3) is 0 Å². The van der Waals surface area contributed by atoms with Crippen LogP contribution in [0.4, 0.5) is 0 Å². The Kier molecular flexibility index (Phi) is 10.5. The summed E-state index contributed by atoms with van der Waals surface area (Å²) in [5.74, 6) is 0. The Morgan fingerprint density at radius 3 is 0.867 bits per heavy atom. The van der Waals surface area contributed by atoms with E-state index in [0.717, 1.165) is 0 Å². The molecule has 0 bridgehead atoms. The van der Waals surface area contributed by atoms with E-state index in [0.29, 0.717) is 0 Å². The SMILES string of the molecule is CSC1=C(SC)SC(=CC=C2SC3=C(S2)SC(=CC=C2SC(SC)=C(SC)S2)S3)S1. The molecule has 0 nitrogen and oxygen atoms in total. The van der Waals surface area contributed by atoms with Crippen molar-refractivity contribution >= 4 is 141 Å². The average molecular weight is 617 g/mol.